The van der Waals surface area contributed by atoms with E-state index in [1.54, 1.807) is 19.2 Å². The molecule has 8 nitrogen and oxygen atoms in total. The summed E-state index contributed by atoms with van der Waals surface area (Å²) < 4.78 is 14.9. The molecule has 0 aliphatic rings. The highest BCUT2D eigenvalue weighted by Gasteiger charge is 2.26. The predicted octanol–water partition coefficient (Wildman–Crippen LogP) is 8.52. The number of hydrogen-bond acceptors (Lipinski definition) is 7. The Morgan fingerprint density at radius 3 is 2.41 bits per heavy atom. The fourth-order valence-corrected chi connectivity index (χ4v) is 5.41. The van der Waals surface area contributed by atoms with Crippen LogP contribution < -0.4 is 10.1 Å². The first kappa shape index (κ1) is 30.8. The number of aromatic nitrogens is 2. The zero-order valence-corrected chi connectivity index (χ0v) is 26.8. The lowest BCUT2D eigenvalue weighted by molar-refractivity contribution is 0.0526. The number of aryl methyl sites for hydroxylation is 1. The first-order valence-corrected chi connectivity index (χ1v) is 15.4. The van der Waals surface area contributed by atoms with Gasteiger partial charge in [-0.15, -0.1) is 0 Å². The van der Waals surface area contributed by atoms with Crippen molar-refractivity contribution < 1.29 is 14.3 Å². The van der Waals surface area contributed by atoms with Crippen LogP contribution in [0.3, 0.4) is 0 Å². The van der Waals surface area contributed by atoms with Crippen LogP contribution in [0, 0.1) is 18.3 Å². The Kier molecular flexibility index (Phi) is 9.63. The Bertz CT molecular complexity index is 1820. The number of pyridine rings is 1. The SMILES string of the molecule is CCOC(=O)c1c(CN(CC)CC)n(-c2ccc(Br)cc2)c2ccc(Oc3nccc(Nc4ccc(C)cc4)c3C#N)cc12. The number of benzene rings is 3. The standard InChI is InChI=1S/C35H34BrN5O3/c1-5-40(6-2)22-32-33(35(42)43-7-3)28-20-27(16-17-31(28)41(32)26-14-10-24(36)11-15-26)44-34-29(21-37)30(18-19-38-34)39-25-12-8-23(4)9-13-25/h8-20H,5-7,22H2,1-4H3,(H,38,39). The molecule has 0 bridgehead atoms. The van der Waals surface area contributed by atoms with Gasteiger partial charge in [0.1, 0.15) is 17.4 Å². The minimum Gasteiger partial charge on any atom is -0.462 e. The molecular weight excluding hydrogens is 618 g/mol. The quantitative estimate of drug-likeness (QED) is 0.143. The predicted molar refractivity (Wildman–Crippen MR) is 177 cm³/mol. The molecule has 0 saturated heterocycles. The van der Waals surface area contributed by atoms with Crippen molar-refractivity contribution in [3.63, 3.8) is 0 Å². The first-order valence-electron chi connectivity index (χ1n) is 14.6. The summed E-state index contributed by atoms with van der Waals surface area (Å²) in [6.07, 6.45) is 1.60. The highest BCUT2D eigenvalue weighted by Crippen LogP contribution is 2.36. The number of nitrogens with one attached hydrogen (secondary N) is 1. The molecule has 2 aromatic heterocycles. The normalized spacial score (nSPS) is 11.0. The molecule has 2 heterocycles. The molecule has 0 atom stereocenters. The molecule has 3 aromatic carbocycles. The van der Waals surface area contributed by atoms with Crippen LogP contribution in [0.4, 0.5) is 11.4 Å². The second-order valence-corrected chi connectivity index (χ2v) is 11.2. The second-order valence-electron chi connectivity index (χ2n) is 10.2. The maximum absolute atomic E-state index is 13.6. The van der Waals surface area contributed by atoms with Crippen LogP contribution in [-0.2, 0) is 11.3 Å². The van der Waals surface area contributed by atoms with Crippen LogP contribution in [0.15, 0.2) is 83.5 Å². The van der Waals surface area contributed by atoms with E-state index in [0.717, 1.165) is 45.7 Å². The number of rotatable bonds is 11. The Hall–Kier alpha value is -4.65. The molecule has 0 radical (unpaired) electrons. The number of esters is 1. The van der Waals surface area contributed by atoms with Gasteiger partial charge >= 0.3 is 5.97 Å². The van der Waals surface area contributed by atoms with Crippen molar-refractivity contribution in [1.29, 1.82) is 5.26 Å². The highest BCUT2D eigenvalue weighted by molar-refractivity contribution is 9.10. The van der Waals surface area contributed by atoms with E-state index in [0.29, 0.717) is 28.9 Å². The molecule has 44 heavy (non-hydrogen) atoms. The summed E-state index contributed by atoms with van der Waals surface area (Å²) in [4.78, 5) is 20.2. The molecule has 0 saturated carbocycles. The summed E-state index contributed by atoms with van der Waals surface area (Å²) >= 11 is 3.54. The third kappa shape index (κ3) is 6.47. The number of halogens is 1. The van der Waals surface area contributed by atoms with Gasteiger partial charge in [-0.2, -0.15) is 5.26 Å². The smallest absolute Gasteiger partial charge is 0.340 e. The lowest BCUT2D eigenvalue weighted by Gasteiger charge is -2.21. The number of ether oxygens (including phenoxy) is 2. The van der Waals surface area contributed by atoms with Crippen LogP contribution in [-0.4, -0.2) is 40.1 Å². The average Bonchev–Trinajstić information content (AvgIpc) is 3.34. The van der Waals surface area contributed by atoms with Gasteiger partial charge in [-0.25, -0.2) is 9.78 Å². The Balaban J connectivity index is 1.63. The molecule has 5 aromatic rings. The van der Waals surface area contributed by atoms with Crippen LogP contribution >= 0.6 is 15.9 Å². The number of fused-ring (bicyclic) bond motifs is 1. The van der Waals surface area contributed by atoms with Gasteiger partial charge in [0, 0.05) is 34.0 Å². The molecule has 9 heteroatoms. The summed E-state index contributed by atoms with van der Waals surface area (Å²) in [6.45, 7) is 10.5. The third-order valence-electron chi connectivity index (χ3n) is 7.44. The number of carbonyl (C=O) groups is 1. The van der Waals surface area contributed by atoms with E-state index in [2.05, 4.69) is 55.6 Å². The fraction of sp³-hybridized carbons (Fsp3) is 0.229. The van der Waals surface area contributed by atoms with Gasteiger partial charge in [-0.3, -0.25) is 4.90 Å². The van der Waals surface area contributed by atoms with Gasteiger partial charge in [0.25, 0.3) is 0 Å². The minimum atomic E-state index is -0.396. The zero-order valence-electron chi connectivity index (χ0n) is 25.2. The topological polar surface area (TPSA) is 92.4 Å². The number of nitrogens with zero attached hydrogens (tertiary/aromatic N) is 4. The summed E-state index contributed by atoms with van der Waals surface area (Å²) in [5.74, 6) is 0.215. The number of nitriles is 1. The average molecular weight is 653 g/mol. The summed E-state index contributed by atoms with van der Waals surface area (Å²) in [5, 5.41) is 14.1. The summed E-state index contributed by atoms with van der Waals surface area (Å²) in [6, 6.07) is 25.5. The maximum atomic E-state index is 13.6. The van der Waals surface area contributed by atoms with E-state index >= 15 is 0 Å². The molecule has 1 N–H and O–H groups in total. The van der Waals surface area contributed by atoms with Crippen molar-refractivity contribution in [3.8, 4) is 23.4 Å². The summed E-state index contributed by atoms with van der Waals surface area (Å²) in [5.41, 5.74) is 5.93. The Morgan fingerprint density at radius 1 is 1.02 bits per heavy atom. The van der Waals surface area contributed by atoms with Crippen LogP contribution in [0.25, 0.3) is 16.6 Å². The second kappa shape index (κ2) is 13.8. The minimum absolute atomic E-state index is 0.164. The number of anilines is 2. The molecule has 5 rings (SSSR count). The van der Waals surface area contributed by atoms with Crippen molar-refractivity contribution in [2.45, 2.75) is 34.2 Å². The first-order chi connectivity index (χ1) is 21.4. The highest BCUT2D eigenvalue weighted by atomic mass is 79.9. The van der Waals surface area contributed by atoms with E-state index in [-0.39, 0.29) is 18.1 Å². The molecule has 0 aliphatic heterocycles. The lowest BCUT2D eigenvalue weighted by atomic mass is 10.1. The van der Waals surface area contributed by atoms with E-state index in [9.17, 15) is 10.1 Å². The van der Waals surface area contributed by atoms with Crippen LogP contribution in [0.1, 0.15) is 48.0 Å². The molecular formula is C35H34BrN5O3. The van der Waals surface area contributed by atoms with E-state index in [1.165, 1.54) is 0 Å². The molecule has 224 valence electrons. The van der Waals surface area contributed by atoms with Crippen LogP contribution in [0.2, 0.25) is 0 Å². The number of carbonyl (C=O) groups excluding carboxylic acids is 1. The molecule has 0 amide bonds. The zero-order chi connectivity index (χ0) is 31.2. The van der Waals surface area contributed by atoms with E-state index < -0.39 is 5.97 Å². The Labute approximate surface area is 266 Å². The van der Waals surface area contributed by atoms with Crippen molar-refractivity contribution in [3.05, 3.63) is 106 Å². The van der Waals surface area contributed by atoms with Crippen molar-refractivity contribution in [2.75, 3.05) is 25.0 Å². The lowest BCUT2D eigenvalue weighted by Crippen LogP contribution is -2.25. The van der Waals surface area contributed by atoms with E-state index in [4.69, 9.17) is 9.47 Å². The van der Waals surface area contributed by atoms with Crippen molar-refractivity contribution in [1.82, 2.24) is 14.5 Å². The number of hydrogen-bond donors (Lipinski definition) is 1. The van der Waals surface area contributed by atoms with Crippen molar-refractivity contribution >= 4 is 44.2 Å². The maximum Gasteiger partial charge on any atom is 0.340 e. The largest absolute Gasteiger partial charge is 0.462 e. The molecule has 0 spiro atoms. The molecule has 0 unspecified atom stereocenters. The molecule has 0 aliphatic carbocycles. The monoisotopic (exact) mass is 651 g/mol. The van der Waals surface area contributed by atoms with Gasteiger partial charge < -0.3 is 19.4 Å². The van der Waals surface area contributed by atoms with Gasteiger partial charge in [0.2, 0.25) is 5.88 Å². The van der Waals surface area contributed by atoms with Crippen molar-refractivity contribution in [2.24, 2.45) is 0 Å². The van der Waals surface area contributed by atoms with Gasteiger partial charge in [-0.1, -0.05) is 47.5 Å². The molecule has 0 fully saturated rings. The third-order valence-corrected chi connectivity index (χ3v) is 7.97. The Morgan fingerprint density at radius 2 is 1.75 bits per heavy atom. The fourth-order valence-electron chi connectivity index (χ4n) is 5.15. The summed E-state index contributed by atoms with van der Waals surface area (Å²) in [7, 11) is 0. The van der Waals surface area contributed by atoms with Crippen LogP contribution in [0.5, 0.6) is 11.6 Å². The van der Waals surface area contributed by atoms with Gasteiger partial charge in [0.15, 0.2) is 0 Å². The van der Waals surface area contributed by atoms with Gasteiger partial charge in [0.05, 0.1) is 29.1 Å². The van der Waals surface area contributed by atoms with E-state index in [1.807, 2.05) is 73.7 Å². The van der Waals surface area contributed by atoms with Gasteiger partial charge in [-0.05, 0) is 87.6 Å².